The smallest absolute Gasteiger partial charge is 0.0617 e. The van der Waals surface area contributed by atoms with Gasteiger partial charge in [-0.15, -0.1) is 0 Å². The third-order valence-corrected chi connectivity index (χ3v) is 1.91. The molecule has 2 nitrogen and oxygen atoms in total. The van der Waals surface area contributed by atoms with Gasteiger partial charge in [0.25, 0.3) is 0 Å². The third-order valence-electron chi connectivity index (χ3n) is 1.56. The molecule has 1 aromatic rings. The minimum Gasteiger partial charge on any atom is -0.291 e. The van der Waals surface area contributed by atoms with E-state index >= 15 is 0 Å². The van der Waals surface area contributed by atoms with Gasteiger partial charge in [-0.1, -0.05) is 24.6 Å². The average Bonchev–Trinajstić information content (AvgIpc) is 2.04. The second-order valence-corrected chi connectivity index (χ2v) is 2.68. The molecule has 60 valence electrons. The second-order valence-electron chi connectivity index (χ2n) is 2.27. The van der Waals surface area contributed by atoms with E-state index in [4.69, 9.17) is 16.8 Å². The number of benzene rings is 1. The number of hydrogen-bond donors (Lipinski definition) is 2. The minimum atomic E-state index is 0.618. The molecular weight excluding hydrogens is 162 g/mol. The summed E-state index contributed by atoms with van der Waals surface area (Å²) in [5, 5.41) is 9.20. The summed E-state index contributed by atoms with van der Waals surface area (Å²) in [6.07, 6.45) is 0.907. The lowest BCUT2D eigenvalue weighted by Gasteiger charge is -2.02. The van der Waals surface area contributed by atoms with Crippen LogP contribution in [-0.2, 0) is 6.42 Å². The van der Waals surface area contributed by atoms with Gasteiger partial charge in [0.2, 0.25) is 0 Å². The van der Waals surface area contributed by atoms with Crippen LogP contribution in [-0.4, -0.2) is 5.21 Å². The number of aryl methyl sites for hydroxylation is 1. The summed E-state index contributed by atoms with van der Waals surface area (Å²) in [6.45, 7) is 2.03. The highest BCUT2D eigenvalue weighted by atomic mass is 35.5. The van der Waals surface area contributed by atoms with Crippen LogP contribution in [0.3, 0.4) is 0 Å². The fourth-order valence-corrected chi connectivity index (χ4v) is 1.22. The highest BCUT2D eigenvalue weighted by molar-refractivity contribution is 6.31. The Morgan fingerprint density at radius 1 is 1.55 bits per heavy atom. The van der Waals surface area contributed by atoms with Crippen molar-refractivity contribution in [2.75, 3.05) is 5.48 Å². The predicted molar refractivity (Wildman–Crippen MR) is 46.2 cm³/mol. The van der Waals surface area contributed by atoms with Gasteiger partial charge >= 0.3 is 0 Å². The minimum absolute atomic E-state index is 0.618. The third kappa shape index (κ3) is 1.85. The zero-order valence-corrected chi connectivity index (χ0v) is 7.02. The van der Waals surface area contributed by atoms with Gasteiger partial charge < -0.3 is 0 Å². The van der Waals surface area contributed by atoms with E-state index in [1.165, 1.54) is 0 Å². The van der Waals surface area contributed by atoms with Crippen LogP contribution in [0, 0.1) is 0 Å². The van der Waals surface area contributed by atoms with E-state index in [0.717, 1.165) is 12.0 Å². The van der Waals surface area contributed by atoms with Crippen molar-refractivity contribution < 1.29 is 5.21 Å². The number of nitrogens with one attached hydrogen (secondary N) is 1. The van der Waals surface area contributed by atoms with Crippen molar-refractivity contribution in [3.63, 3.8) is 0 Å². The molecule has 0 radical (unpaired) electrons. The Bertz CT molecular complexity index is 250. The van der Waals surface area contributed by atoms with Crippen molar-refractivity contribution in [1.29, 1.82) is 0 Å². The summed E-state index contributed by atoms with van der Waals surface area (Å²) in [5.74, 6) is 0. The standard InChI is InChI=1S/C8H10ClNO/c1-2-6-3-4-7(10-11)5-8(6)9/h3-5,10-11H,2H2,1H3. The molecule has 0 spiro atoms. The largest absolute Gasteiger partial charge is 0.291 e. The lowest BCUT2D eigenvalue weighted by molar-refractivity contribution is 0.389. The lowest BCUT2D eigenvalue weighted by Crippen LogP contribution is -1.90. The molecule has 0 heterocycles. The van der Waals surface area contributed by atoms with Crippen LogP contribution < -0.4 is 5.48 Å². The second kappa shape index (κ2) is 3.60. The van der Waals surface area contributed by atoms with E-state index < -0.39 is 0 Å². The van der Waals surface area contributed by atoms with E-state index in [1.54, 1.807) is 12.1 Å². The number of halogens is 1. The lowest BCUT2D eigenvalue weighted by atomic mass is 10.1. The first-order chi connectivity index (χ1) is 5.27. The molecule has 0 unspecified atom stereocenters. The molecule has 0 fully saturated rings. The molecule has 3 heteroatoms. The van der Waals surface area contributed by atoms with Gasteiger partial charge in [0.05, 0.1) is 5.69 Å². The molecule has 11 heavy (non-hydrogen) atoms. The van der Waals surface area contributed by atoms with Gasteiger partial charge in [0.15, 0.2) is 0 Å². The summed E-state index contributed by atoms with van der Waals surface area (Å²) in [6, 6.07) is 5.37. The van der Waals surface area contributed by atoms with Crippen LogP contribution in [0.15, 0.2) is 18.2 Å². The van der Waals surface area contributed by atoms with Crippen molar-refractivity contribution in [2.45, 2.75) is 13.3 Å². The SMILES string of the molecule is CCc1ccc(NO)cc1Cl. The van der Waals surface area contributed by atoms with E-state index in [1.807, 2.05) is 18.5 Å². The topological polar surface area (TPSA) is 32.3 Å². The zero-order chi connectivity index (χ0) is 8.27. The molecule has 0 saturated heterocycles. The molecule has 0 aliphatic rings. The average molecular weight is 172 g/mol. The van der Waals surface area contributed by atoms with Gasteiger partial charge in [-0.2, -0.15) is 0 Å². The fourth-order valence-electron chi connectivity index (χ4n) is 0.904. The fraction of sp³-hybridized carbons (Fsp3) is 0.250. The maximum absolute atomic E-state index is 8.52. The Labute approximate surface area is 70.8 Å². The maximum atomic E-state index is 8.52. The summed E-state index contributed by atoms with van der Waals surface area (Å²) in [4.78, 5) is 0. The highest BCUT2D eigenvalue weighted by Gasteiger charge is 1.97. The first-order valence-corrected chi connectivity index (χ1v) is 3.84. The Kier molecular flexibility index (Phi) is 2.74. The van der Waals surface area contributed by atoms with Crippen LogP contribution in [0.2, 0.25) is 5.02 Å². The molecule has 0 bridgehead atoms. The van der Waals surface area contributed by atoms with Crippen molar-refractivity contribution >= 4 is 17.3 Å². The van der Waals surface area contributed by atoms with Crippen LogP contribution in [0.4, 0.5) is 5.69 Å². The Hall–Kier alpha value is -0.730. The van der Waals surface area contributed by atoms with Crippen LogP contribution >= 0.6 is 11.6 Å². The number of anilines is 1. The molecule has 0 aliphatic heterocycles. The Morgan fingerprint density at radius 3 is 2.73 bits per heavy atom. The molecule has 0 aromatic heterocycles. The molecule has 0 amide bonds. The quantitative estimate of drug-likeness (QED) is 0.671. The van der Waals surface area contributed by atoms with Crippen LogP contribution in [0.5, 0.6) is 0 Å². The molecule has 1 rings (SSSR count). The van der Waals surface area contributed by atoms with E-state index in [9.17, 15) is 0 Å². The first kappa shape index (κ1) is 8.37. The summed E-state index contributed by atoms with van der Waals surface area (Å²) in [7, 11) is 0. The molecule has 1 aromatic carbocycles. The van der Waals surface area contributed by atoms with E-state index in [2.05, 4.69) is 0 Å². The molecular formula is C8H10ClNO. The van der Waals surface area contributed by atoms with Gasteiger partial charge in [0.1, 0.15) is 0 Å². The Morgan fingerprint density at radius 2 is 2.27 bits per heavy atom. The molecule has 0 saturated carbocycles. The molecule has 0 atom stereocenters. The number of rotatable bonds is 2. The van der Waals surface area contributed by atoms with E-state index in [0.29, 0.717) is 10.7 Å². The summed E-state index contributed by atoms with van der Waals surface area (Å²) < 4.78 is 0. The van der Waals surface area contributed by atoms with Gasteiger partial charge in [-0.3, -0.25) is 10.7 Å². The van der Waals surface area contributed by atoms with Crippen molar-refractivity contribution in [3.8, 4) is 0 Å². The van der Waals surface area contributed by atoms with Crippen molar-refractivity contribution in [1.82, 2.24) is 0 Å². The van der Waals surface area contributed by atoms with E-state index in [-0.39, 0.29) is 0 Å². The summed E-state index contributed by atoms with van der Waals surface area (Å²) in [5.41, 5.74) is 3.74. The van der Waals surface area contributed by atoms with Crippen molar-refractivity contribution in [3.05, 3.63) is 28.8 Å². The maximum Gasteiger partial charge on any atom is 0.0617 e. The van der Waals surface area contributed by atoms with Gasteiger partial charge in [-0.25, -0.2) is 0 Å². The zero-order valence-electron chi connectivity index (χ0n) is 6.26. The Balaban J connectivity index is 2.99. The normalized spacial score (nSPS) is 9.73. The summed E-state index contributed by atoms with van der Waals surface area (Å²) >= 11 is 5.86. The van der Waals surface area contributed by atoms with Gasteiger partial charge in [0, 0.05) is 5.02 Å². The predicted octanol–water partition coefficient (Wildman–Crippen LogP) is 2.70. The monoisotopic (exact) mass is 171 g/mol. The first-order valence-electron chi connectivity index (χ1n) is 3.46. The molecule has 2 N–H and O–H groups in total. The van der Waals surface area contributed by atoms with Crippen molar-refractivity contribution in [2.24, 2.45) is 0 Å². The highest BCUT2D eigenvalue weighted by Crippen LogP contribution is 2.20. The van der Waals surface area contributed by atoms with Gasteiger partial charge in [-0.05, 0) is 24.1 Å². The molecule has 0 aliphatic carbocycles. The van der Waals surface area contributed by atoms with Crippen LogP contribution in [0.25, 0.3) is 0 Å². The van der Waals surface area contributed by atoms with Crippen LogP contribution in [0.1, 0.15) is 12.5 Å². The number of hydrogen-bond acceptors (Lipinski definition) is 2.